The lowest BCUT2D eigenvalue weighted by molar-refractivity contribution is -0.386. The highest BCUT2D eigenvalue weighted by atomic mass is 16.6. The van der Waals surface area contributed by atoms with Gasteiger partial charge in [0.25, 0.3) is 0 Å². The van der Waals surface area contributed by atoms with Gasteiger partial charge in [0.2, 0.25) is 0 Å². The van der Waals surface area contributed by atoms with Crippen LogP contribution in [-0.4, -0.2) is 34.9 Å². The van der Waals surface area contributed by atoms with Gasteiger partial charge in [-0.1, -0.05) is 12.1 Å². The third-order valence-electron chi connectivity index (χ3n) is 2.92. The maximum Gasteiger partial charge on any atom is 0.310 e. The highest BCUT2D eigenvalue weighted by Gasteiger charge is 2.43. The number of hydrogen-bond acceptors (Lipinski definition) is 5. The minimum Gasteiger partial charge on any atom is -0.481 e. The average molecular weight is 253 g/mol. The Labute approximate surface area is 104 Å². The molecule has 0 saturated heterocycles. The molecule has 1 aliphatic carbocycles. The maximum atomic E-state index is 10.8. The summed E-state index contributed by atoms with van der Waals surface area (Å²) < 4.78 is 10.9. The van der Waals surface area contributed by atoms with Gasteiger partial charge in [0.15, 0.2) is 5.75 Å². The summed E-state index contributed by atoms with van der Waals surface area (Å²) in [4.78, 5) is 10.3. The Morgan fingerprint density at radius 2 is 2.22 bits per heavy atom. The van der Waals surface area contributed by atoms with Crippen molar-refractivity contribution in [1.29, 1.82) is 0 Å². The van der Waals surface area contributed by atoms with E-state index in [0.717, 1.165) is 0 Å². The molecule has 18 heavy (non-hydrogen) atoms. The number of nitro benzene ring substituents is 1. The van der Waals surface area contributed by atoms with Crippen molar-refractivity contribution in [3.8, 4) is 5.75 Å². The minimum absolute atomic E-state index is 0.0749. The van der Waals surface area contributed by atoms with E-state index in [-0.39, 0.29) is 17.5 Å². The lowest BCUT2D eigenvalue weighted by Crippen LogP contribution is -2.55. The van der Waals surface area contributed by atoms with Crippen LogP contribution < -0.4 is 4.74 Å². The fourth-order valence-corrected chi connectivity index (χ4v) is 1.95. The number of aliphatic hydroxyl groups excluding tert-OH is 1. The normalized spacial score (nSPS) is 26.4. The molecular weight excluding hydrogens is 238 g/mol. The number of nitrogens with zero attached hydrogens (tertiary/aromatic N) is 1. The molecule has 98 valence electrons. The van der Waals surface area contributed by atoms with Gasteiger partial charge in [-0.2, -0.15) is 0 Å². The van der Waals surface area contributed by atoms with Crippen LogP contribution in [-0.2, 0) is 4.74 Å². The SMILES string of the molecule is CCOC1C(O)CC1Oc1ccccc1[N+](=O)[O-]. The molecule has 1 fully saturated rings. The zero-order chi connectivity index (χ0) is 13.1. The first-order valence-electron chi connectivity index (χ1n) is 5.83. The van der Waals surface area contributed by atoms with E-state index >= 15 is 0 Å². The van der Waals surface area contributed by atoms with E-state index in [1.807, 2.05) is 6.92 Å². The summed E-state index contributed by atoms with van der Waals surface area (Å²) in [6, 6.07) is 6.19. The maximum absolute atomic E-state index is 10.8. The monoisotopic (exact) mass is 253 g/mol. The Morgan fingerprint density at radius 3 is 2.83 bits per heavy atom. The number of para-hydroxylation sites is 2. The van der Waals surface area contributed by atoms with Crippen molar-refractivity contribution in [1.82, 2.24) is 0 Å². The smallest absolute Gasteiger partial charge is 0.310 e. The first-order chi connectivity index (χ1) is 8.63. The molecule has 0 bridgehead atoms. The van der Waals surface area contributed by atoms with Crippen LogP contribution in [0.3, 0.4) is 0 Å². The molecule has 1 aliphatic rings. The molecule has 6 heteroatoms. The van der Waals surface area contributed by atoms with Gasteiger partial charge in [0.1, 0.15) is 12.2 Å². The zero-order valence-corrected chi connectivity index (χ0v) is 9.98. The van der Waals surface area contributed by atoms with Gasteiger partial charge in [-0.05, 0) is 13.0 Å². The van der Waals surface area contributed by atoms with E-state index in [4.69, 9.17) is 9.47 Å². The van der Waals surface area contributed by atoms with E-state index in [9.17, 15) is 15.2 Å². The second-order valence-electron chi connectivity index (χ2n) is 4.10. The van der Waals surface area contributed by atoms with Gasteiger partial charge >= 0.3 is 5.69 Å². The fraction of sp³-hybridized carbons (Fsp3) is 0.500. The van der Waals surface area contributed by atoms with Crippen LogP contribution in [0.4, 0.5) is 5.69 Å². The van der Waals surface area contributed by atoms with Gasteiger partial charge in [0, 0.05) is 19.1 Å². The predicted octanol–water partition coefficient (Wildman–Crippen LogP) is 1.51. The van der Waals surface area contributed by atoms with Crippen molar-refractivity contribution in [2.75, 3.05) is 6.61 Å². The van der Waals surface area contributed by atoms with Crippen molar-refractivity contribution < 1.29 is 19.5 Å². The lowest BCUT2D eigenvalue weighted by atomic mass is 9.88. The van der Waals surface area contributed by atoms with Gasteiger partial charge in [-0.3, -0.25) is 10.1 Å². The lowest BCUT2D eigenvalue weighted by Gasteiger charge is -2.40. The van der Waals surface area contributed by atoms with Gasteiger partial charge < -0.3 is 14.6 Å². The summed E-state index contributed by atoms with van der Waals surface area (Å²) in [5, 5.41) is 20.4. The number of hydrogen-bond donors (Lipinski definition) is 1. The summed E-state index contributed by atoms with van der Waals surface area (Å²) in [7, 11) is 0. The van der Waals surface area contributed by atoms with E-state index < -0.39 is 17.1 Å². The Hall–Kier alpha value is -1.66. The molecule has 0 aromatic heterocycles. The van der Waals surface area contributed by atoms with Crippen molar-refractivity contribution >= 4 is 5.69 Å². The van der Waals surface area contributed by atoms with Crippen LogP contribution in [0.5, 0.6) is 5.75 Å². The molecule has 3 atom stereocenters. The number of benzene rings is 1. The van der Waals surface area contributed by atoms with E-state index in [1.165, 1.54) is 6.07 Å². The fourth-order valence-electron chi connectivity index (χ4n) is 1.95. The highest BCUT2D eigenvalue weighted by molar-refractivity contribution is 5.46. The van der Waals surface area contributed by atoms with E-state index in [0.29, 0.717) is 13.0 Å². The molecule has 0 amide bonds. The molecule has 3 unspecified atom stereocenters. The number of aliphatic hydroxyl groups is 1. The van der Waals surface area contributed by atoms with E-state index in [1.54, 1.807) is 18.2 Å². The first kappa shape index (κ1) is 12.8. The van der Waals surface area contributed by atoms with Crippen molar-refractivity contribution in [3.63, 3.8) is 0 Å². The molecule has 6 nitrogen and oxygen atoms in total. The highest BCUT2D eigenvalue weighted by Crippen LogP contribution is 2.33. The van der Waals surface area contributed by atoms with Gasteiger partial charge in [0.05, 0.1) is 11.0 Å². The average Bonchev–Trinajstić information content (AvgIpc) is 2.36. The second-order valence-corrected chi connectivity index (χ2v) is 4.10. The van der Waals surface area contributed by atoms with Gasteiger partial charge in [-0.25, -0.2) is 0 Å². The summed E-state index contributed by atoms with van der Waals surface area (Å²) in [5.41, 5.74) is -0.0749. The third kappa shape index (κ3) is 2.44. The summed E-state index contributed by atoms with van der Waals surface area (Å²) in [6.45, 7) is 2.30. The Bertz CT molecular complexity index is 436. The van der Waals surface area contributed by atoms with Crippen LogP contribution in [0.2, 0.25) is 0 Å². The molecule has 1 saturated carbocycles. The molecule has 1 aromatic carbocycles. The Balaban J connectivity index is 2.08. The molecule has 0 heterocycles. The Morgan fingerprint density at radius 1 is 1.50 bits per heavy atom. The quantitative estimate of drug-likeness (QED) is 0.635. The van der Waals surface area contributed by atoms with Crippen molar-refractivity contribution in [2.45, 2.75) is 31.7 Å². The molecular formula is C12H15NO5. The third-order valence-corrected chi connectivity index (χ3v) is 2.92. The first-order valence-corrected chi connectivity index (χ1v) is 5.83. The summed E-state index contributed by atoms with van der Waals surface area (Å²) >= 11 is 0. The van der Waals surface area contributed by atoms with Crippen LogP contribution in [0.25, 0.3) is 0 Å². The molecule has 2 rings (SSSR count). The van der Waals surface area contributed by atoms with Crippen molar-refractivity contribution in [3.05, 3.63) is 34.4 Å². The number of rotatable bonds is 5. The van der Waals surface area contributed by atoms with Crippen LogP contribution in [0, 0.1) is 10.1 Å². The summed E-state index contributed by atoms with van der Waals surface area (Å²) in [5.74, 6) is 0.212. The number of ether oxygens (including phenoxy) is 2. The Kier molecular flexibility index (Phi) is 3.78. The predicted molar refractivity (Wildman–Crippen MR) is 63.6 cm³/mol. The van der Waals surface area contributed by atoms with Gasteiger partial charge in [-0.15, -0.1) is 0 Å². The molecule has 1 N–H and O–H groups in total. The van der Waals surface area contributed by atoms with Crippen LogP contribution >= 0.6 is 0 Å². The molecule has 1 aromatic rings. The summed E-state index contributed by atoms with van der Waals surface area (Å²) in [6.07, 6.45) is -0.870. The second kappa shape index (κ2) is 5.32. The largest absolute Gasteiger partial charge is 0.481 e. The minimum atomic E-state index is -0.558. The zero-order valence-electron chi connectivity index (χ0n) is 9.98. The topological polar surface area (TPSA) is 81.8 Å². The van der Waals surface area contributed by atoms with Crippen LogP contribution in [0.15, 0.2) is 24.3 Å². The molecule has 0 aliphatic heterocycles. The molecule has 0 spiro atoms. The number of nitro groups is 1. The standard InChI is InChI=1S/C12H15NO5/c1-2-17-12-9(14)7-11(12)18-10-6-4-3-5-8(10)13(15)16/h3-6,9,11-12,14H,2,7H2,1H3. The van der Waals surface area contributed by atoms with E-state index in [2.05, 4.69) is 0 Å². The van der Waals surface area contributed by atoms with Crippen LogP contribution in [0.1, 0.15) is 13.3 Å². The molecule has 0 radical (unpaired) electrons. The van der Waals surface area contributed by atoms with Crippen molar-refractivity contribution in [2.24, 2.45) is 0 Å².